The number of ether oxygens (including phenoxy) is 1. The van der Waals surface area contributed by atoms with Gasteiger partial charge in [0.05, 0.1) is 6.04 Å². The zero-order chi connectivity index (χ0) is 19.9. The van der Waals surface area contributed by atoms with E-state index < -0.39 is 0 Å². The van der Waals surface area contributed by atoms with Gasteiger partial charge in [-0.05, 0) is 67.1 Å². The van der Waals surface area contributed by atoms with Crippen LogP contribution in [0, 0.1) is 0 Å². The number of hydrogen-bond donors (Lipinski definition) is 2. The van der Waals surface area contributed by atoms with Gasteiger partial charge in [-0.15, -0.1) is 0 Å². The van der Waals surface area contributed by atoms with E-state index in [2.05, 4.69) is 75.4 Å². The third-order valence-corrected chi connectivity index (χ3v) is 5.10. The van der Waals surface area contributed by atoms with Crippen molar-refractivity contribution in [1.29, 1.82) is 0 Å². The Morgan fingerprint density at radius 3 is 2.74 bits per heavy atom. The minimum atomic E-state index is -0.190. The molecule has 0 amide bonds. The molecule has 0 aliphatic carbocycles. The summed E-state index contributed by atoms with van der Waals surface area (Å²) in [6, 6.07) is 9.11. The van der Waals surface area contributed by atoms with Gasteiger partial charge >= 0.3 is 0 Å². The second-order valence-corrected chi connectivity index (χ2v) is 8.34. The summed E-state index contributed by atoms with van der Waals surface area (Å²) in [5, 5.41) is 7.03. The summed E-state index contributed by atoms with van der Waals surface area (Å²) in [7, 11) is 2.18. The van der Waals surface area contributed by atoms with Crippen LogP contribution in [0.1, 0.15) is 65.5 Å². The van der Waals surface area contributed by atoms with Crippen LogP contribution in [0.5, 0.6) is 5.75 Å². The summed E-state index contributed by atoms with van der Waals surface area (Å²) in [6.45, 7) is 13.7. The van der Waals surface area contributed by atoms with E-state index in [0.717, 1.165) is 44.2 Å². The molecule has 1 aliphatic rings. The number of guanidine groups is 1. The first kappa shape index (κ1) is 21.5. The molecular formula is C22H38N4O. The largest absolute Gasteiger partial charge is 0.487 e. The summed E-state index contributed by atoms with van der Waals surface area (Å²) in [6.07, 6.45) is 3.18. The highest BCUT2D eigenvalue weighted by Gasteiger charge is 2.33. The third-order valence-electron chi connectivity index (χ3n) is 5.10. The molecule has 1 aliphatic heterocycles. The molecule has 5 heteroatoms. The highest BCUT2D eigenvalue weighted by atomic mass is 16.5. The first-order valence-electron chi connectivity index (χ1n) is 10.4. The van der Waals surface area contributed by atoms with Crippen LogP contribution in [0.3, 0.4) is 0 Å². The van der Waals surface area contributed by atoms with Gasteiger partial charge in [0.2, 0.25) is 0 Å². The summed E-state index contributed by atoms with van der Waals surface area (Å²) >= 11 is 0. The molecule has 0 radical (unpaired) electrons. The fourth-order valence-electron chi connectivity index (χ4n) is 3.34. The van der Waals surface area contributed by atoms with Gasteiger partial charge in [0, 0.05) is 31.1 Å². The lowest BCUT2D eigenvalue weighted by molar-refractivity contribution is 0.0694. The number of para-hydroxylation sites is 1. The maximum Gasteiger partial charge on any atom is 0.191 e. The Hall–Kier alpha value is -1.75. The van der Waals surface area contributed by atoms with Crippen molar-refractivity contribution < 1.29 is 4.74 Å². The third kappa shape index (κ3) is 6.73. The first-order chi connectivity index (χ1) is 12.8. The SMILES string of the molecule is CCNC(=NCCCCN(C)C(C)C)NC1CC(C)(C)Oc2ccccc21. The molecule has 0 bridgehead atoms. The number of benzene rings is 1. The number of hydrogen-bond acceptors (Lipinski definition) is 3. The van der Waals surface area contributed by atoms with Gasteiger partial charge in [0.1, 0.15) is 11.4 Å². The standard InChI is InChI=1S/C22H38N4O/c1-7-23-21(24-14-10-11-15-26(6)17(2)3)25-19-16-22(4,5)27-20-13-9-8-12-18(19)20/h8-9,12-13,17,19H,7,10-11,14-16H2,1-6H3,(H2,23,24,25). The van der Waals surface area contributed by atoms with Crippen LogP contribution >= 0.6 is 0 Å². The normalized spacial score (nSPS) is 19.0. The second kappa shape index (κ2) is 9.98. The monoisotopic (exact) mass is 374 g/mol. The van der Waals surface area contributed by atoms with Crippen LogP contribution in [0.15, 0.2) is 29.3 Å². The summed E-state index contributed by atoms with van der Waals surface area (Å²) in [5.74, 6) is 1.87. The predicted molar refractivity (Wildman–Crippen MR) is 115 cm³/mol. The number of unbranched alkanes of at least 4 members (excludes halogenated alkanes) is 1. The minimum absolute atomic E-state index is 0.190. The van der Waals surface area contributed by atoms with Crippen LogP contribution in [0.2, 0.25) is 0 Å². The molecule has 2 rings (SSSR count). The van der Waals surface area contributed by atoms with Crippen molar-refractivity contribution in [2.75, 3.05) is 26.7 Å². The summed E-state index contributed by atoms with van der Waals surface area (Å²) < 4.78 is 6.14. The molecule has 0 saturated heterocycles. The van der Waals surface area contributed by atoms with E-state index >= 15 is 0 Å². The molecule has 152 valence electrons. The molecule has 1 heterocycles. The molecule has 5 nitrogen and oxygen atoms in total. The average molecular weight is 375 g/mol. The molecule has 0 fully saturated rings. The lowest BCUT2D eigenvalue weighted by atomic mass is 9.90. The fraction of sp³-hybridized carbons (Fsp3) is 0.682. The molecular weight excluding hydrogens is 336 g/mol. The lowest BCUT2D eigenvalue weighted by Gasteiger charge is -2.38. The lowest BCUT2D eigenvalue weighted by Crippen LogP contribution is -2.45. The van der Waals surface area contributed by atoms with Crippen LogP contribution < -0.4 is 15.4 Å². The number of nitrogens with one attached hydrogen (secondary N) is 2. The van der Waals surface area contributed by atoms with Crippen molar-refractivity contribution in [2.45, 2.75) is 71.6 Å². The van der Waals surface area contributed by atoms with E-state index in [4.69, 9.17) is 9.73 Å². The van der Waals surface area contributed by atoms with Gasteiger partial charge in [0.25, 0.3) is 0 Å². The molecule has 1 aromatic carbocycles. The van der Waals surface area contributed by atoms with Gasteiger partial charge in [0.15, 0.2) is 5.96 Å². The van der Waals surface area contributed by atoms with Crippen LogP contribution in [-0.4, -0.2) is 49.2 Å². The van der Waals surface area contributed by atoms with Gasteiger partial charge < -0.3 is 20.3 Å². The van der Waals surface area contributed by atoms with E-state index in [1.165, 1.54) is 12.0 Å². The average Bonchev–Trinajstić information content (AvgIpc) is 2.60. The van der Waals surface area contributed by atoms with Gasteiger partial charge in [-0.25, -0.2) is 0 Å². The van der Waals surface area contributed by atoms with Crippen molar-refractivity contribution in [3.8, 4) is 5.75 Å². The predicted octanol–water partition coefficient (Wildman–Crippen LogP) is 3.96. The zero-order valence-corrected chi connectivity index (χ0v) is 18.0. The fourth-order valence-corrected chi connectivity index (χ4v) is 3.34. The Morgan fingerprint density at radius 1 is 1.30 bits per heavy atom. The zero-order valence-electron chi connectivity index (χ0n) is 18.0. The number of fused-ring (bicyclic) bond motifs is 1. The Labute approximate surface area is 165 Å². The summed E-state index contributed by atoms with van der Waals surface area (Å²) in [4.78, 5) is 7.19. The molecule has 2 N–H and O–H groups in total. The Bertz CT molecular complexity index is 612. The van der Waals surface area contributed by atoms with Crippen molar-refractivity contribution >= 4 is 5.96 Å². The number of aliphatic imine (C=N–C) groups is 1. The van der Waals surface area contributed by atoms with E-state index in [-0.39, 0.29) is 11.6 Å². The smallest absolute Gasteiger partial charge is 0.191 e. The Balaban J connectivity index is 1.96. The topological polar surface area (TPSA) is 48.9 Å². The quantitative estimate of drug-likeness (QED) is 0.411. The van der Waals surface area contributed by atoms with E-state index in [0.29, 0.717) is 6.04 Å². The maximum atomic E-state index is 6.14. The van der Waals surface area contributed by atoms with Gasteiger partial charge in [-0.1, -0.05) is 18.2 Å². The highest BCUT2D eigenvalue weighted by Crippen LogP contribution is 2.39. The molecule has 0 aromatic heterocycles. The Morgan fingerprint density at radius 2 is 2.04 bits per heavy atom. The molecule has 1 aromatic rings. The van der Waals surface area contributed by atoms with E-state index in [1.807, 2.05) is 6.07 Å². The van der Waals surface area contributed by atoms with Gasteiger partial charge in [-0.3, -0.25) is 4.99 Å². The van der Waals surface area contributed by atoms with Crippen LogP contribution in [0.25, 0.3) is 0 Å². The Kier molecular flexibility index (Phi) is 7.96. The summed E-state index contributed by atoms with van der Waals surface area (Å²) in [5.41, 5.74) is 1.02. The van der Waals surface area contributed by atoms with Crippen LogP contribution in [-0.2, 0) is 0 Å². The van der Waals surface area contributed by atoms with E-state index in [9.17, 15) is 0 Å². The molecule has 1 atom stereocenters. The van der Waals surface area contributed by atoms with Crippen molar-refractivity contribution in [3.63, 3.8) is 0 Å². The maximum absolute atomic E-state index is 6.14. The van der Waals surface area contributed by atoms with E-state index in [1.54, 1.807) is 0 Å². The molecule has 0 saturated carbocycles. The second-order valence-electron chi connectivity index (χ2n) is 8.34. The van der Waals surface area contributed by atoms with Gasteiger partial charge in [-0.2, -0.15) is 0 Å². The van der Waals surface area contributed by atoms with Crippen molar-refractivity contribution in [3.05, 3.63) is 29.8 Å². The highest BCUT2D eigenvalue weighted by molar-refractivity contribution is 5.80. The molecule has 1 unspecified atom stereocenters. The van der Waals surface area contributed by atoms with Crippen molar-refractivity contribution in [2.24, 2.45) is 4.99 Å². The molecule has 27 heavy (non-hydrogen) atoms. The molecule has 0 spiro atoms. The number of nitrogens with zero attached hydrogens (tertiary/aromatic N) is 2. The van der Waals surface area contributed by atoms with Crippen LogP contribution in [0.4, 0.5) is 0 Å². The minimum Gasteiger partial charge on any atom is -0.487 e. The number of rotatable bonds is 8. The van der Waals surface area contributed by atoms with Crippen molar-refractivity contribution in [1.82, 2.24) is 15.5 Å². The first-order valence-corrected chi connectivity index (χ1v) is 10.4.